The molecule has 1 atom stereocenters. The standard InChI is InChI=1S/C9H15N3/c1-6-4-7-8(11-5-10-7)9(2,3)12-6/h5-6,12H,4H2,1-3H3,(H,10,11). The molecule has 1 aromatic heterocycles. The summed E-state index contributed by atoms with van der Waals surface area (Å²) in [5.74, 6) is 0. The zero-order valence-electron chi connectivity index (χ0n) is 7.81. The number of imidazole rings is 1. The van der Waals surface area contributed by atoms with Gasteiger partial charge in [-0.3, -0.25) is 0 Å². The molecule has 0 saturated carbocycles. The van der Waals surface area contributed by atoms with E-state index in [2.05, 4.69) is 36.1 Å². The molecule has 2 N–H and O–H groups in total. The third-order valence-corrected chi connectivity index (χ3v) is 2.43. The Kier molecular flexibility index (Phi) is 1.51. The van der Waals surface area contributed by atoms with Crippen LogP contribution in [-0.4, -0.2) is 16.0 Å². The molecule has 2 heterocycles. The second-order valence-corrected chi connectivity index (χ2v) is 4.10. The van der Waals surface area contributed by atoms with Crippen LogP contribution in [0.15, 0.2) is 6.33 Å². The molecule has 0 bridgehead atoms. The van der Waals surface area contributed by atoms with Crippen LogP contribution in [0.4, 0.5) is 0 Å². The minimum Gasteiger partial charge on any atom is -0.348 e. The number of fused-ring (bicyclic) bond motifs is 1. The monoisotopic (exact) mass is 165 g/mol. The Bertz CT molecular complexity index is 288. The molecule has 0 radical (unpaired) electrons. The van der Waals surface area contributed by atoms with Gasteiger partial charge in [0.2, 0.25) is 0 Å². The lowest BCUT2D eigenvalue weighted by molar-refractivity contribution is 0.316. The van der Waals surface area contributed by atoms with Crippen LogP contribution in [0.1, 0.15) is 32.2 Å². The van der Waals surface area contributed by atoms with Gasteiger partial charge in [0.05, 0.1) is 17.6 Å². The first-order chi connectivity index (χ1) is 5.59. The van der Waals surface area contributed by atoms with Crippen LogP contribution in [0, 0.1) is 0 Å². The fourth-order valence-corrected chi connectivity index (χ4v) is 2.06. The van der Waals surface area contributed by atoms with E-state index in [1.807, 2.05) is 0 Å². The molecule has 66 valence electrons. The second-order valence-electron chi connectivity index (χ2n) is 4.10. The van der Waals surface area contributed by atoms with E-state index in [9.17, 15) is 0 Å². The number of hydrogen-bond acceptors (Lipinski definition) is 2. The number of nitrogens with one attached hydrogen (secondary N) is 2. The fourth-order valence-electron chi connectivity index (χ4n) is 2.06. The number of hydrogen-bond donors (Lipinski definition) is 2. The maximum absolute atomic E-state index is 4.33. The van der Waals surface area contributed by atoms with Crippen LogP contribution in [0.5, 0.6) is 0 Å². The number of nitrogens with zero attached hydrogens (tertiary/aromatic N) is 1. The first-order valence-corrected chi connectivity index (χ1v) is 4.40. The smallest absolute Gasteiger partial charge is 0.0926 e. The molecule has 1 unspecified atom stereocenters. The zero-order valence-corrected chi connectivity index (χ0v) is 7.81. The van der Waals surface area contributed by atoms with Gasteiger partial charge < -0.3 is 10.3 Å². The van der Waals surface area contributed by atoms with Gasteiger partial charge in [0.1, 0.15) is 0 Å². The van der Waals surface area contributed by atoms with Crippen molar-refractivity contribution < 1.29 is 0 Å². The minimum atomic E-state index is 0.0208. The number of rotatable bonds is 0. The van der Waals surface area contributed by atoms with Crippen molar-refractivity contribution in [3.63, 3.8) is 0 Å². The lowest BCUT2D eigenvalue weighted by atomic mass is 9.90. The topological polar surface area (TPSA) is 40.7 Å². The maximum atomic E-state index is 4.33. The van der Waals surface area contributed by atoms with Crippen LogP contribution >= 0.6 is 0 Å². The maximum Gasteiger partial charge on any atom is 0.0926 e. The normalized spacial score (nSPS) is 26.8. The summed E-state index contributed by atoms with van der Waals surface area (Å²) >= 11 is 0. The molecule has 0 aromatic carbocycles. The highest BCUT2D eigenvalue weighted by molar-refractivity contribution is 5.24. The molecule has 1 aliphatic heterocycles. The van der Waals surface area contributed by atoms with E-state index in [4.69, 9.17) is 0 Å². The molecule has 0 saturated heterocycles. The Labute approximate surface area is 72.6 Å². The first kappa shape index (κ1) is 7.80. The first-order valence-electron chi connectivity index (χ1n) is 4.40. The highest BCUT2D eigenvalue weighted by Gasteiger charge is 2.32. The Morgan fingerprint density at radius 2 is 2.33 bits per heavy atom. The summed E-state index contributed by atoms with van der Waals surface area (Å²) in [6.45, 7) is 6.54. The van der Waals surface area contributed by atoms with Gasteiger partial charge in [-0.2, -0.15) is 0 Å². The van der Waals surface area contributed by atoms with E-state index in [1.165, 1.54) is 11.4 Å². The van der Waals surface area contributed by atoms with Gasteiger partial charge in [-0.15, -0.1) is 0 Å². The van der Waals surface area contributed by atoms with Gasteiger partial charge in [0.25, 0.3) is 0 Å². The van der Waals surface area contributed by atoms with Crippen molar-refractivity contribution in [2.75, 3.05) is 0 Å². The summed E-state index contributed by atoms with van der Waals surface area (Å²) in [7, 11) is 0. The quantitative estimate of drug-likeness (QED) is 0.606. The lowest BCUT2D eigenvalue weighted by Crippen LogP contribution is -2.47. The van der Waals surface area contributed by atoms with Gasteiger partial charge in [0.15, 0.2) is 0 Å². The summed E-state index contributed by atoms with van der Waals surface area (Å²) in [5.41, 5.74) is 2.47. The number of aromatic amines is 1. The van der Waals surface area contributed by atoms with Crippen molar-refractivity contribution in [2.45, 2.75) is 38.8 Å². The van der Waals surface area contributed by atoms with E-state index in [-0.39, 0.29) is 5.54 Å². The molecule has 1 aromatic rings. The SMILES string of the molecule is CC1Cc2[nH]cnc2C(C)(C)N1. The van der Waals surface area contributed by atoms with Gasteiger partial charge in [-0.05, 0) is 20.8 Å². The summed E-state index contributed by atoms with van der Waals surface area (Å²) in [4.78, 5) is 7.52. The molecule has 0 amide bonds. The van der Waals surface area contributed by atoms with Crippen LogP contribution in [0.2, 0.25) is 0 Å². The molecule has 12 heavy (non-hydrogen) atoms. The number of H-pyrrole nitrogens is 1. The summed E-state index contributed by atoms with van der Waals surface area (Å²) < 4.78 is 0. The van der Waals surface area contributed by atoms with E-state index in [0.29, 0.717) is 6.04 Å². The van der Waals surface area contributed by atoms with Crippen LogP contribution in [0.25, 0.3) is 0 Å². The summed E-state index contributed by atoms with van der Waals surface area (Å²) in [6.07, 6.45) is 2.84. The largest absolute Gasteiger partial charge is 0.348 e. The van der Waals surface area contributed by atoms with Crippen molar-refractivity contribution in [3.8, 4) is 0 Å². The van der Waals surface area contributed by atoms with E-state index < -0.39 is 0 Å². The van der Waals surface area contributed by atoms with Crippen LogP contribution in [-0.2, 0) is 12.0 Å². The predicted octanol–water partition coefficient (Wildman–Crippen LogP) is 1.18. The van der Waals surface area contributed by atoms with E-state index >= 15 is 0 Å². The van der Waals surface area contributed by atoms with Gasteiger partial charge in [0, 0.05) is 18.2 Å². The average Bonchev–Trinajstić information content (AvgIpc) is 2.32. The Hall–Kier alpha value is -0.830. The van der Waals surface area contributed by atoms with Crippen molar-refractivity contribution in [3.05, 3.63) is 17.7 Å². The van der Waals surface area contributed by atoms with E-state index in [1.54, 1.807) is 6.33 Å². The summed E-state index contributed by atoms with van der Waals surface area (Å²) in [5, 5.41) is 3.52. The van der Waals surface area contributed by atoms with Crippen LogP contribution in [0.3, 0.4) is 0 Å². The fraction of sp³-hybridized carbons (Fsp3) is 0.667. The summed E-state index contributed by atoms with van der Waals surface area (Å²) in [6, 6.07) is 0.535. The molecular formula is C9H15N3. The Balaban J connectivity index is 2.45. The highest BCUT2D eigenvalue weighted by Crippen LogP contribution is 2.26. The Morgan fingerprint density at radius 1 is 1.58 bits per heavy atom. The molecule has 0 aliphatic carbocycles. The van der Waals surface area contributed by atoms with Crippen molar-refractivity contribution >= 4 is 0 Å². The van der Waals surface area contributed by atoms with Gasteiger partial charge >= 0.3 is 0 Å². The molecule has 0 spiro atoms. The highest BCUT2D eigenvalue weighted by atomic mass is 15.1. The van der Waals surface area contributed by atoms with Gasteiger partial charge in [-0.1, -0.05) is 0 Å². The minimum absolute atomic E-state index is 0.0208. The molecule has 3 heteroatoms. The third-order valence-electron chi connectivity index (χ3n) is 2.43. The van der Waals surface area contributed by atoms with Crippen molar-refractivity contribution in [1.29, 1.82) is 0 Å². The van der Waals surface area contributed by atoms with Crippen LogP contribution < -0.4 is 5.32 Å². The van der Waals surface area contributed by atoms with Gasteiger partial charge in [-0.25, -0.2) is 4.98 Å². The molecule has 3 nitrogen and oxygen atoms in total. The third kappa shape index (κ3) is 1.05. The second kappa shape index (κ2) is 2.33. The predicted molar refractivity (Wildman–Crippen MR) is 47.9 cm³/mol. The molecule has 1 aliphatic rings. The molecular weight excluding hydrogens is 150 g/mol. The zero-order chi connectivity index (χ0) is 8.77. The average molecular weight is 165 g/mol. The Morgan fingerprint density at radius 3 is 3.08 bits per heavy atom. The lowest BCUT2D eigenvalue weighted by Gasteiger charge is -2.34. The molecule has 0 fully saturated rings. The number of aromatic nitrogens is 2. The van der Waals surface area contributed by atoms with E-state index in [0.717, 1.165) is 6.42 Å². The van der Waals surface area contributed by atoms with Crippen molar-refractivity contribution in [2.24, 2.45) is 0 Å². The van der Waals surface area contributed by atoms with Crippen molar-refractivity contribution in [1.82, 2.24) is 15.3 Å². The molecule has 2 rings (SSSR count).